The smallest absolute Gasteiger partial charge is 0.278 e. The van der Waals surface area contributed by atoms with Crippen LogP contribution in [0.25, 0.3) is 0 Å². The lowest BCUT2D eigenvalue weighted by Crippen LogP contribution is -2.16. The van der Waals surface area contributed by atoms with Crippen molar-refractivity contribution < 1.29 is 9.45 Å². The zero-order valence-electron chi connectivity index (χ0n) is 10.6. The van der Waals surface area contributed by atoms with Crippen molar-refractivity contribution in [1.29, 1.82) is 0 Å². The molecule has 8 heteroatoms. The van der Waals surface area contributed by atoms with E-state index in [0.29, 0.717) is 35.7 Å². The van der Waals surface area contributed by atoms with E-state index in [1.807, 2.05) is 0 Å². The lowest BCUT2D eigenvalue weighted by atomic mass is 10.1. The van der Waals surface area contributed by atoms with Crippen LogP contribution in [0.4, 0.5) is 5.69 Å². The van der Waals surface area contributed by atoms with Gasteiger partial charge in [-0.2, -0.15) is 4.98 Å². The van der Waals surface area contributed by atoms with E-state index in [1.54, 1.807) is 13.8 Å². The van der Waals surface area contributed by atoms with Crippen LogP contribution >= 0.6 is 0 Å². The highest BCUT2D eigenvalue weighted by Crippen LogP contribution is 2.23. The van der Waals surface area contributed by atoms with Crippen LogP contribution in [0.2, 0.25) is 0 Å². The van der Waals surface area contributed by atoms with Gasteiger partial charge in [0.05, 0.1) is 17.2 Å². The predicted octanol–water partition coefficient (Wildman–Crippen LogP) is 1.28. The van der Waals surface area contributed by atoms with E-state index < -0.39 is 0 Å². The van der Waals surface area contributed by atoms with E-state index in [0.717, 1.165) is 0 Å². The zero-order chi connectivity index (χ0) is 13.8. The molecule has 0 aromatic carbocycles. The van der Waals surface area contributed by atoms with Crippen LogP contribution in [0.1, 0.15) is 22.6 Å². The molecular weight excluding hydrogens is 250 g/mol. The molecule has 2 heterocycles. The molecule has 0 aliphatic heterocycles. The molecule has 8 nitrogen and oxygen atoms in total. The summed E-state index contributed by atoms with van der Waals surface area (Å²) < 4.78 is 4.60. The van der Waals surface area contributed by atoms with Crippen molar-refractivity contribution in [2.75, 3.05) is 0 Å². The molecule has 2 aromatic heterocycles. The van der Waals surface area contributed by atoms with Gasteiger partial charge in [-0.3, -0.25) is 15.1 Å². The Kier molecular flexibility index (Phi) is 3.81. The molecule has 1 N–H and O–H groups in total. The lowest BCUT2D eigenvalue weighted by molar-refractivity contribution is -0.386. The van der Waals surface area contributed by atoms with E-state index >= 15 is 0 Å². The fourth-order valence-corrected chi connectivity index (χ4v) is 1.79. The third-order valence-corrected chi connectivity index (χ3v) is 2.74. The van der Waals surface area contributed by atoms with Crippen LogP contribution in [0.3, 0.4) is 0 Å². The van der Waals surface area contributed by atoms with Gasteiger partial charge in [0.15, 0.2) is 5.82 Å². The van der Waals surface area contributed by atoms with E-state index in [4.69, 9.17) is 0 Å². The number of hydrogen-bond acceptors (Lipinski definition) is 7. The molecule has 0 atom stereocenters. The Morgan fingerprint density at radius 1 is 1.37 bits per heavy atom. The van der Waals surface area contributed by atoms with Gasteiger partial charge < -0.3 is 9.84 Å². The summed E-state index contributed by atoms with van der Waals surface area (Å²) in [5, 5.41) is 17.7. The molecular formula is C11H13N5O3. The highest BCUT2D eigenvalue weighted by molar-refractivity contribution is 5.47. The van der Waals surface area contributed by atoms with Crippen molar-refractivity contribution in [1.82, 2.24) is 20.4 Å². The predicted molar refractivity (Wildman–Crippen MR) is 65.2 cm³/mol. The minimum absolute atomic E-state index is 0.117. The minimum Gasteiger partial charge on any atom is -0.343 e. The molecule has 0 spiro atoms. The molecule has 0 saturated carbocycles. The van der Waals surface area contributed by atoms with Gasteiger partial charge in [-0.25, -0.2) is 0 Å². The topological polar surface area (TPSA) is 107 Å². The van der Waals surface area contributed by atoms with E-state index in [1.165, 1.54) is 12.6 Å². The van der Waals surface area contributed by atoms with Crippen LogP contribution in [-0.4, -0.2) is 20.0 Å². The maximum Gasteiger partial charge on any atom is 0.278 e. The number of hydrogen-bond donors (Lipinski definition) is 1. The number of nitro groups is 1. The first-order valence-electron chi connectivity index (χ1n) is 5.65. The minimum atomic E-state index is -0.380. The van der Waals surface area contributed by atoms with Gasteiger partial charge in [-0.15, -0.1) is 0 Å². The Bertz CT molecular complexity index is 582. The van der Waals surface area contributed by atoms with Crippen molar-refractivity contribution >= 4 is 5.69 Å². The lowest BCUT2D eigenvalue weighted by Gasteiger charge is -2.07. The molecule has 0 aliphatic rings. The normalized spacial score (nSPS) is 10.6. The molecule has 0 bridgehead atoms. The van der Waals surface area contributed by atoms with Crippen LogP contribution in [0, 0.1) is 24.0 Å². The number of rotatable bonds is 5. The van der Waals surface area contributed by atoms with Crippen LogP contribution in [0.15, 0.2) is 17.1 Å². The molecule has 0 aliphatic carbocycles. The van der Waals surface area contributed by atoms with Crippen LogP contribution < -0.4 is 5.32 Å². The maximum absolute atomic E-state index is 11.0. The number of nitrogens with one attached hydrogen (secondary N) is 1. The molecule has 0 unspecified atom stereocenters. The number of nitrogens with zero attached hydrogens (tertiary/aromatic N) is 4. The Morgan fingerprint density at radius 3 is 2.79 bits per heavy atom. The Morgan fingerprint density at radius 2 is 2.16 bits per heavy atom. The quantitative estimate of drug-likeness (QED) is 0.639. The van der Waals surface area contributed by atoms with Crippen LogP contribution in [-0.2, 0) is 13.1 Å². The molecule has 0 fully saturated rings. The van der Waals surface area contributed by atoms with Gasteiger partial charge >= 0.3 is 0 Å². The third kappa shape index (κ3) is 2.91. The first-order chi connectivity index (χ1) is 9.09. The van der Waals surface area contributed by atoms with Crippen molar-refractivity contribution in [3.05, 3.63) is 45.4 Å². The standard InChI is InChI=1S/C11H13N5O3/c1-7-3-13-9(8(2)11(7)16(17)18)4-12-5-10-14-6-19-15-10/h3,6,12H,4-5H2,1-2H3. The fourth-order valence-electron chi connectivity index (χ4n) is 1.79. The highest BCUT2D eigenvalue weighted by atomic mass is 16.6. The second-order valence-corrected chi connectivity index (χ2v) is 4.07. The molecule has 2 aromatic rings. The highest BCUT2D eigenvalue weighted by Gasteiger charge is 2.18. The summed E-state index contributed by atoms with van der Waals surface area (Å²) in [5.41, 5.74) is 1.89. The Labute approximate surface area is 109 Å². The van der Waals surface area contributed by atoms with Crippen molar-refractivity contribution in [2.45, 2.75) is 26.9 Å². The Balaban J connectivity index is 2.08. The van der Waals surface area contributed by atoms with Gasteiger partial charge in [0, 0.05) is 23.9 Å². The van der Waals surface area contributed by atoms with Crippen molar-refractivity contribution in [3.8, 4) is 0 Å². The summed E-state index contributed by atoms with van der Waals surface area (Å²) in [4.78, 5) is 18.7. The zero-order valence-corrected chi connectivity index (χ0v) is 10.6. The maximum atomic E-state index is 11.0. The van der Waals surface area contributed by atoms with Gasteiger partial charge in [-0.05, 0) is 13.8 Å². The van der Waals surface area contributed by atoms with E-state index in [2.05, 4.69) is 25.0 Å². The van der Waals surface area contributed by atoms with Gasteiger partial charge in [0.1, 0.15) is 0 Å². The average Bonchev–Trinajstić information content (AvgIpc) is 2.85. The monoisotopic (exact) mass is 263 g/mol. The van der Waals surface area contributed by atoms with Crippen LogP contribution in [0.5, 0.6) is 0 Å². The molecule has 100 valence electrons. The van der Waals surface area contributed by atoms with Crippen molar-refractivity contribution in [2.24, 2.45) is 0 Å². The fraction of sp³-hybridized carbons (Fsp3) is 0.364. The second-order valence-electron chi connectivity index (χ2n) is 4.07. The van der Waals surface area contributed by atoms with Gasteiger partial charge in [0.2, 0.25) is 6.39 Å². The third-order valence-electron chi connectivity index (χ3n) is 2.74. The summed E-state index contributed by atoms with van der Waals surface area (Å²) in [6, 6.07) is 0. The molecule has 0 radical (unpaired) electrons. The van der Waals surface area contributed by atoms with Gasteiger partial charge in [0.25, 0.3) is 5.69 Å². The number of aromatic nitrogens is 3. The average molecular weight is 263 g/mol. The Hall–Kier alpha value is -2.35. The van der Waals surface area contributed by atoms with Gasteiger partial charge in [-0.1, -0.05) is 5.16 Å². The van der Waals surface area contributed by atoms with E-state index in [-0.39, 0.29) is 10.6 Å². The second kappa shape index (κ2) is 5.53. The molecule has 19 heavy (non-hydrogen) atoms. The molecule has 0 amide bonds. The number of pyridine rings is 1. The van der Waals surface area contributed by atoms with Crippen molar-refractivity contribution in [3.63, 3.8) is 0 Å². The summed E-state index contributed by atoms with van der Waals surface area (Å²) >= 11 is 0. The SMILES string of the molecule is Cc1cnc(CNCc2ncon2)c(C)c1[N+](=O)[O-]. The molecule has 0 saturated heterocycles. The summed E-state index contributed by atoms with van der Waals surface area (Å²) in [5.74, 6) is 0.527. The summed E-state index contributed by atoms with van der Waals surface area (Å²) in [6.45, 7) is 4.19. The number of aryl methyl sites for hydroxylation is 1. The molecule has 2 rings (SSSR count). The first kappa shape index (κ1) is 13.1. The largest absolute Gasteiger partial charge is 0.343 e. The first-order valence-corrected chi connectivity index (χ1v) is 5.65. The summed E-state index contributed by atoms with van der Waals surface area (Å²) in [7, 11) is 0. The van der Waals surface area contributed by atoms with E-state index in [9.17, 15) is 10.1 Å². The summed E-state index contributed by atoms with van der Waals surface area (Å²) in [6.07, 6.45) is 2.76.